The molecule has 4 N–H and O–H groups in total. The Balaban J connectivity index is 2.20. The molecule has 1 heterocycles. The van der Waals surface area contributed by atoms with Crippen molar-refractivity contribution in [1.82, 2.24) is 0 Å². The van der Waals surface area contributed by atoms with Crippen LogP contribution in [0.3, 0.4) is 0 Å². The number of hydrogen-bond acceptors (Lipinski definition) is 4. The van der Waals surface area contributed by atoms with E-state index in [2.05, 4.69) is 17.1 Å². The van der Waals surface area contributed by atoms with Crippen LogP contribution in [-0.2, 0) is 4.74 Å². The van der Waals surface area contributed by atoms with Crippen LogP contribution in [0, 0.1) is 0 Å². The second-order valence-corrected chi connectivity index (χ2v) is 4.27. The van der Waals surface area contributed by atoms with Crippen molar-refractivity contribution in [1.29, 1.82) is 0 Å². The molecule has 4 heteroatoms. The summed E-state index contributed by atoms with van der Waals surface area (Å²) in [5, 5.41) is 0. The number of ether oxygens (including phenoxy) is 1. The third-order valence-electron chi connectivity index (χ3n) is 3.07. The monoisotopic (exact) mass is 233 g/mol. The van der Waals surface area contributed by atoms with E-state index in [4.69, 9.17) is 16.2 Å². The predicted octanol–water partition coefficient (Wildman–Crippen LogP) is 0.875. The Labute approximate surface area is 102 Å². The molecule has 0 saturated heterocycles. The molecule has 0 saturated carbocycles. The third-order valence-corrected chi connectivity index (χ3v) is 3.07. The quantitative estimate of drug-likeness (QED) is 0.813. The molecule has 1 aliphatic heterocycles. The lowest BCUT2D eigenvalue weighted by molar-refractivity contribution is 0.127. The first-order valence-corrected chi connectivity index (χ1v) is 5.96. The van der Waals surface area contributed by atoms with E-state index in [9.17, 15) is 0 Å². The fraction of sp³-hybridized carbons (Fsp3) is 0.462. The van der Waals surface area contributed by atoms with Crippen molar-refractivity contribution in [2.45, 2.75) is 18.4 Å². The number of rotatable bonds is 3. The highest BCUT2D eigenvalue weighted by Crippen LogP contribution is 2.22. The van der Waals surface area contributed by atoms with E-state index in [0.29, 0.717) is 32.0 Å². The largest absolute Gasteiger partial charge is 0.387 e. The lowest BCUT2D eigenvalue weighted by Gasteiger charge is -2.22. The van der Waals surface area contributed by atoms with Crippen LogP contribution in [0.4, 0.5) is 0 Å². The van der Waals surface area contributed by atoms with Crippen LogP contribution in [-0.4, -0.2) is 31.6 Å². The minimum absolute atomic E-state index is 0.0323. The van der Waals surface area contributed by atoms with Gasteiger partial charge >= 0.3 is 0 Å². The summed E-state index contributed by atoms with van der Waals surface area (Å²) in [5.74, 6) is 0.842. The van der Waals surface area contributed by atoms with Crippen LogP contribution in [0.1, 0.15) is 17.9 Å². The molecule has 0 aromatic heterocycles. The zero-order valence-electron chi connectivity index (χ0n) is 9.88. The average molecular weight is 233 g/mol. The van der Waals surface area contributed by atoms with E-state index >= 15 is 0 Å². The molecule has 0 amide bonds. The van der Waals surface area contributed by atoms with E-state index in [-0.39, 0.29) is 12.0 Å². The summed E-state index contributed by atoms with van der Waals surface area (Å²) >= 11 is 0. The molecule has 0 radical (unpaired) electrons. The first-order valence-electron chi connectivity index (χ1n) is 5.96. The lowest BCUT2D eigenvalue weighted by atomic mass is 9.92. The maximum Gasteiger partial charge on any atom is 0.0965 e. The van der Waals surface area contributed by atoms with Crippen molar-refractivity contribution < 1.29 is 4.74 Å². The molecular formula is C13H19N3O. The van der Waals surface area contributed by atoms with E-state index in [1.165, 1.54) is 5.56 Å². The van der Waals surface area contributed by atoms with Gasteiger partial charge in [-0.05, 0) is 5.56 Å². The lowest BCUT2D eigenvalue weighted by Crippen LogP contribution is -2.29. The van der Waals surface area contributed by atoms with Crippen LogP contribution in [0.2, 0.25) is 0 Å². The summed E-state index contributed by atoms with van der Waals surface area (Å²) in [6.45, 7) is 1.80. The Hall–Kier alpha value is -1.39. The molecule has 4 nitrogen and oxygen atoms in total. The fourth-order valence-corrected chi connectivity index (χ4v) is 2.12. The molecule has 2 atom stereocenters. The van der Waals surface area contributed by atoms with Gasteiger partial charge in [0.05, 0.1) is 25.1 Å². The molecule has 1 aromatic carbocycles. The first-order chi connectivity index (χ1) is 8.31. The van der Waals surface area contributed by atoms with Gasteiger partial charge in [-0.3, -0.25) is 4.99 Å². The van der Waals surface area contributed by atoms with Crippen LogP contribution < -0.4 is 11.5 Å². The smallest absolute Gasteiger partial charge is 0.0965 e. The summed E-state index contributed by atoms with van der Waals surface area (Å²) in [4.78, 5) is 4.51. The molecule has 0 aliphatic carbocycles. The second-order valence-electron chi connectivity index (χ2n) is 4.27. The Morgan fingerprint density at radius 1 is 1.35 bits per heavy atom. The van der Waals surface area contributed by atoms with E-state index in [0.717, 1.165) is 0 Å². The molecular weight excluding hydrogens is 214 g/mol. The standard InChI is InChI=1S/C13H19N3O/c14-8-11(10-4-2-1-3-5-10)12-9-17-7-6-13(15)16-12/h1-5,11-12H,6-9,14H2,(H2,15,16). The van der Waals surface area contributed by atoms with Crippen molar-refractivity contribution >= 4 is 5.84 Å². The number of nitrogens with two attached hydrogens (primary N) is 2. The zero-order valence-corrected chi connectivity index (χ0v) is 9.88. The van der Waals surface area contributed by atoms with Crippen molar-refractivity contribution in [3.05, 3.63) is 35.9 Å². The first kappa shape index (κ1) is 12.1. The summed E-state index contributed by atoms with van der Waals surface area (Å²) < 4.78 is 5.53. The van der Waals surface area contributed by atoms with Gasteiger partial charge in [0.2, 0.25) is 0 Å². The summed E-state index contributed by atoms with van der Waals surface area (Å²) in [7, 11) is 0. The maximum absolute atomic E-state index is 5.87. The maximum atomic E-state index is 5.87. The number of amidine groups is 1. The molecule has 92 valence electrons. The van der Waals surface area contributed by atoms with E-state index in [1.54, 1.807) is 0 Å². The van der Waals surface area contributed by atoms with Gasteiger partial charge in [-0.2, -0.15) is 0 Å². The molecule has 0 fully saturated rings. The van der Waals surface area contributed by atoms with Crippen molar-refractivity contribution in [2.75, 3.05) is 19.8 Å². The Morgan fingerprint density at radius 3 is 2.82 bits per heavy atom. The number of benzene rings is 1. The van der Waals surface area contributed by atoms with Gasteiger partial charge in [-0.1, -0.05) is 30.3 Å². The second kappa shape index (κ2) is 5.80. The van der Waals surface area contributed by atoms with Crippen LogP contribution in [0.15, 0.2) is 35.3 Å². The fourth-order valence-electron chi connectivity index (χ4n) is 2.12. The summed E-state index contributed by atoms with van der Waals surface area (Å²) in [6, 6.07) is 10.2. The number of aliphatic imine (C=N–C) groups is 1. The highest BCUT2D eigenvalue weighted by Gasteiger charge is 2.23. The minimum atomic E-state index is 0.0323. The van der Waals surface area contributed by atoms with E-state index in [1.807, 2.05) is 18.2 Å². The Kier molecular flexibility index (Phi) is 4.12. The van der Waals surface area contributed by atoms with Crippen molar-refractivity contribution in [2.24, 2.45) is 16.5 Å². The summed E-state index contributed by atoms with van der Waals surface area (Å²) in [5.41, 5.74) is 12.9. The zero-order chi connectivity index (χ0) is 12.1. The van der Waals surface area contributed by atoms with E-state index < -0.39 is 0 Å². The van der Waals surface area contributed by atoms with Gasteiger partial charge in [-0.25, -0.2) is 0 Å². The van der Waals surface area contributed by atoms with Gasteiger partial charge in [0, 0.05) is 18.9 Å². The highest BCUT2D eigenvalue weighted by atomic mass is 16.5. The molecule has 0 spiro atoms. The average Bonchev–Trinajstić information content (AvgIpc) is 2.56. The molecule has 1 aromatic rings. The predicted molar refractivity (Wildman–Crippen MR) is 69.1 cm³/mol. The van der Waals surface area contributed by atoms with Crippen LogP contribution in [0.5, 0.6) is 0 Å². The number of hydrogen-bond donors (Lipinski definition) is 2. The van der Waals surface area contributed by atoms with Gasteiger partial charge in [-0.15, -0.1) is 0 Å². The van der Waals surface area contributed by atoms with Crippen LogP contribution in [0.25, 0.3) is 0 Å². The summed E-state index contributed by atoms with van der Waals surface area (Å²) in [6.07, 6.45) is 0.711. The molecule has 17 heavy (non-hydrogen) atoms. The number of nitrogens with zero attached hydrogens (tertiary/aromatic N) is 1. The third kappa shape index (κ3) is 3.05. The topological polar surface area (TPSA) is 73.6 Å². The Morgan fingerprint density at radius 2 is 2.12 bits per heavy atom. The van der Waals surface area contributed by atoms with Crippen molar-refractivity contribution in [3.8, 4) is 0 Å². The molecule has 0 bridgehead atoms. The van der Waals surface area contributed by atoms with Gasteiger partial charge in [0.1, 0.15) is 0 Å². The van der Waals surface area contributed by atoms with Gasteiger partial charge < -0.3 is 16.2 Å². The van der Waals surface area contributed by atoms with Crippen LogP contribution >= 0.6 is 0 Å². The van der Waals surface area contributed by atoms with Crippen molar-refractivity contribution in [3.63, 3.8) is 0 Å². The SMILES string of the molecule is NCC(c1ccccc1)C1COCCC(N)=N1. The Bertz CT molecular complexity index is 378. The normalized spacial score (nSPS) is 22.6. The van der Waals surface area contributed by atoms with Gasteiger partial charge in [0.15, 0.2) is 0 Å². The molecule has 1 aliphatic rings. The molecule has 2 unspecified atom stereocenters. The molecule has 2 rings (SSSR count). The minimum Gasteiger partial charge on any atom is -0.387 e. The van der Waals surface area contributed by atoms with Gasteiger partial charge in [0.25, 0.3) is 0 Å². The highest BCUT2D eigenvalue weighted by molar-refractivity contribution is 5.80.